The Labute approximate surface area is 139 Å². The van der Waals surface area contributed by atoms with Crippen LogP contribution < -0.4 is 0 Å². The minimum Gasteiger partial charge on any atom is -0.358 e. The third-order valence-electron chi connectivity index (χ3n) is 6.66. The highest BCUT2D eigenvalue weighted by molar-refractivity contribution is 5.89. The third kappa shape index (κ3) is 2.58. The predicted octanol–water partition coefficient (Wildman–Crippen LogP) is 3.47. The van der Waals surface area contributed by atoms with Crippen molar-refractivity contribution in [3.8, 4) is 0 Å². The lowest BCUT2D eigenvalue weighted by molar-refractivity contribution is -0.234. The predicted molar refractivity (Wildman–Crippen MR) is 86.0 cm³/mol. The molecule has 0 amide bonds. The monoisotopic (exact) mass is 322 g/mol. The van der Waals surface area contributed by atoms with Gasteiger partial charge in [0.05, 0.1) is 12.2 Å². The van der Waals surface area contributed by atoms with Gasteiger partial charge in [-0.05, 0) is 38.5 Å². The SMILES string of the molecule is CC(C)[C@@H]1CC[C@@H]2CC[C@@]3(O2)O[C@@H](C[C@@H]3C)C[C@]2(C)O[C@H]2C1=O. The Bertz CT molecular complexity index is 504. The van der Waals surface area contributed by atoms with Crippen LogP contribution in [-0.4, -0.2) is 35.5 Å². The van der Waals surface area contributed by atoms with E-state index in [9.17, 15) is 4.79 Å². The molecule has 0 N–H and O–H groups in total. The first-order valence-electron chi connectivity index (χ1n) is 9.40. The van der Waals surface area contributed by atoms with Gasteiger partial charge in [-0.25, -0.2) is 0 Å². The van der Waals surface area contributed by atoms with Gasteiger partial charge >= 0.3 is 0 Å². The maximum Gasteiger partial charge on any atom is 0.171 e. The lowest BCUT2D eigenvalue weighted by Crippen LogP contribution is -2.36. The number of fused-ring (bicyclic) bond motifs is 3. The van der Waals surface area contributed by atoms with Gasteiger partial charge in [0.1, 0.15) is 11.7 Å². The normalized spacial score (nSPS) is 52.9. The molecule has 1 spiro atoms. The average Bonchev–Trinajstić information content (AvgIpc) is 2.82. The molecule has 0 unspecified atom stereocenters. The van der Waals surface area contributed by atoms with Crippen molar-refractivity contribution in [2.45, 2.75) is 95.9 Å². The summed E-state index contributed by atoms with van der Waals surface area (Å²) in [6, 6.07) is 0. The molecule has 4 aliphatic heterocycles. The Morgan fingerprint density at radius 3 is 2.57 bits per heavy atom. The molecular formula is C19H30O4. The summed E-state index contributed by atoms with van der Waals surface area (Å²) < 4.78 is 18.7. The molecule has 0 aromatic carbocycles. The van der Waals surface area contributed by atoms with E-state index in [1.807, 2.05) is 0 Å². The van der Waals surface area contributed by atoms with Gasteiger partial charge in [0.25, 0.3) is 0 Å². The van der Waals surface area contributed by atoms with Crippen LogP contribution in [0.3, 0.4) is 0 Å². The largest absolute Gasteiger partial charge is 0.358 e. The number of hydrogen-bond acceptors (Lipinski definition) is 4. The molecule has 4 heteroatoms. The summed E-state index contributed by atoms with van der Waals surface area (Å²) in [5.41, 5.74) is -0.322. The first kappa shape index (κ1) is 16.0. The Hall–Kier alpha value is -0.450. The summed E-state index contributed by atoms with van der Waals surface area (Å²) in [5, 5.41) is 0. The van der Waals surface area contributed by atoms with Crippen molar-refractivity contribution >= 4 is 5.78 Å². The van der Waals surface area contributed by atoms with Crippen molar-refractivity contribution in [3.05, 3.63) is 0 Å². The average molecular weight is 322 g/mol. The van der Waals surface area contributed by atoms with Crippen LogP contribution in [0.2, 0.25) is 0 Å². The number of hydrogen-bond donors (Lipinski definition) is 0. The van der Waals surface area contributed by atoms with E-state index in [2.05, 4.69) is 27.7 Å². The molecule has 4 nitrogen and oxygen atoms in total. The van der Waals surface area contributed by atoms with Crippen molar-refractivity contribution in [2.24, 2.45) is 17.8 Å². The van der Waals surface area contributed by atoms with E-state index in [1.165, 1.54) is 0 Å². The third-order valence-corrected chi connectivity index (χ3v) is 6.66. The summed E-state index contributed by atoms with van der Waals surface area (Å²) in [6.07, 6.45) is 5.94. The maximum absolute atomic E-state index is 12.9. The second kappa shape index (κ2) is 5.27. The molecule has 4 aliphatic rings. The molecule has 4 saturated heterocycles. The number of rotatable bonds is 1. The van der Waals surface area contributed by atoms with Gasteiger partial charge in [-0.2, -0.15) is 0 Å². The number of epoxide rings is 1. The van der Waals surface area contributed by atoms with Gasteiger partial charge < -0.3 is 14.2 Å². The first-order chi connectivity index (χ1) is 10.8. The Morgan fingerprint density at radius 2 is 1.83 bits per heavy atom. The maximum atomic E-state index is 12.9. The Balaban J connectivity index is 1.60. The molecule has 4 heterocycles. The van der Waals surface area contributed by atoms with Crippen molar-refractivity contribution in [1.82, 2.24) is 0 Å². The number of carbonyl (C=O) groups excluding carboxylic acids is 1. The van der Waals surface area contributed by atoms with Crippen LogP contribution in [0, 0.1) is 17.8 Å². The molecule has 0 aromatic rings. The lowest BCUT2D eigenvalue weighted by atomic mass is 9.82. The molecule has 0 aliphatic carbocycles. The molecule has 3 bridgehead atoms. The standard InChI is InChI=1S/C19H30O4/c1-11(2)15-6-5-13-7-8-19(21-13)12(3)9-14(22-19)10-18(4)17(23-18)16(15)20/h11-15,17H,5-10H2,1-4H3/t12-,13+,14-,15-,17-,18-,19+/m0/s1. The summed E-state index contributed by atoms with van der Waals surface area (Å²) in [4.78, 5) is 12.9. The summed E-state index contributed by atoms with van der Waals surface area (Å²) in [5.74, 6) is 0.819. The van der Waals surface area contributed by atoms with Crippen LogP contribution in [-0.2, 0) is 19.0 Å². The van der Waals surface area contributed by atoms with Crippen molar-refractivity contribution < 1.29 is 19.0 Å². The lowest BCUT2D eigenvalue weighted by Gasteiger charge is -2.30. The van der Waals surface area contributed by atoms with Gasteiger partial charge in [-0.1, -0.05) is 20.8 Å². The number of Topliss-reactive ketones (excluding diaryl/α,β-unsaturated/α-hetero) is 1. The minimum atomic E-state index is -0.368. The molecule has 0 saturated carbocycles. The van der Waals surface area contributed by atoms with Gasteiger partial charge in [0.15, 0.2) is 11.6 Å². The number of ketones is 1. The van der Waals surface area contributed by atoms with Gasteiger partial charge in [0, 0.05) is 24.7 Å². The van der Waals surface area contributed by atoms with Gasteiger partial charge in [-0.15, -0.1) is 0 Å². The molecule has 0 radical (unpaired) electrons. The minimum absolute atomic E-state index is 0.0948. The summed E-state index contributed by atoms with van der Waals surface area (Å²) >= 11 is 0. The zero-order valence-electron chi connectivity index (χ0n) is 14.8. The van der Waals surface area contributed by atoms with E-state index in [0.29, 0.717) is 17.6 Å². The van der Waals surface area contributed by atoms with E-state index in [0.717, 1.165) is 38.5 Å². The number of carbonyl (C=O) groups is 1. The zero-order valence-corrected chi connectivity index (χ0v) is 14.8. The van der Waals surface area contributed by atoms with Crippen molar-refractivity contribution in [1.29, 1.82) is 0 Å². The second-order valence-corrected chi connectivity index (χ2v) is 8.81. The smallest absolute Gasteiger partial charge is 0.171 e. The van der Waals surface area contributed by atoms with Crippen LogP contribution in [0.5, 0.6) is 0 Å². The van der Waals surface area contributed by atoms with E-state index in [1.54, 1.807) is 0 Å². The highest BCUT2D eigenvalue weighted by Gasteiger charge is 2.61. The fourth-order valence-electron chi connectivity index (χ4n) is 5.13. The van der Waals surface area contributed by atoms with Crippen LogP contribution in [0.25, 0.3) is 0 Å². The second-order valence-electron chi connectivity index (χ2n) is 8.81. The van der Waals surface area contributed by atoms with Gasteiger partial charge in [0.2, 0.25) is 0 Å². The highest BCUT2D eigenvalue weighted by atomic mass is 16.7. The van der Waals surface area contributed by atoms with Gasteiger partial charge in [-0.3, -0.25) is 4.79 Å². The zero-order chi connectivity index (χ0) is 16.4. The van der Waals surface area contributed by atoms with Crippen LogP contribution in [0.4, 0.5) is 0 Å². The van der Waals surface area contributed by atoms with Crippen LogP contribution in [0.15, 0.2) is 0 Å². The fourth-order valence-corrected chi connectivity index (χ4v) is 5.13. The molecular weight excluding hydrogens is 292 g/mol. The van der Waals surface area contributed by atoms with E-state index in [4.69, 9.17) is 14.2 Å². The summed E-state index contributed by atoms with van der Waals surface area (Å²) in [7, 11) is 0. The molecule has 7 atom stereocenters. The fraction of sp³-hybridized carbons (Fsp3) is 0.947. The van der Waals surface area contributed by atoms with Crippen LogP contribution in [0.1, 0.15) is 66.2 Å². The highest BCUT2D eigenvalue weighted by Crippen LogP contribution is 2.52. The molecule has 23 heavy (non-hydrogen) atoms. The Kier molecular flexibility index (Phi) is 3.68. The van der Waals surface area contributed by atoms with E-state index in [-0.39, 0.29) is 35.6 Å². The molecule has 130 valence electrons. The van der Waals surface area contributed by atoms with E-state index < -0.39 is 0 Å². The van der Waals surface area contributed by atoms with Crippen LogP contribution >= 0.6 is 0 Å². The molecule has 0 aromatic heterocycles. The first-order valence-corrected chi connectivity index (χ1v) is 9.40. The summed E-state index contributed by atoms with van der Waals surface area (Å²) in [6.45, 7) is 8.63. The Morgan fingerprint density at radius 1 is 1.09 bits per heavy atom. The quantitative estimate of drug-likeness (QED) is 0.694. The van der Waals surface area contributed by atoms with E-state index >= 15 is 0 Å². The van der Waals surface area contributed by atoms with Crippen molar-refractivity contribution in [3.63, 3.8) is 0 Å². The molecule has 4 rings (SSSR count). The number of ether oxygens (including phenoxy) is 3. The topological polar surface area (TPSA) is 48.1 Å². The van der Waals surface area contributed by atoms with Crippen molar-refractivity contribution in [2.75, 3.05) is 0 Å². The molecule has 4 fully saturated rings.